The lowest BCUT2D eigenvalue weighted by Crippen LogP contribution is -2.30. The van der Waals surface area contributed by atoms with Gasteiger partial charge in [-0.15, -0.1) is 0 Å². The zero-order valence-electron chi connectivity index (χ0n) is 9.10. The predicted molar refractivity (Wildman–Crippen MR) is 60.8 cm³/mol. The second-order valence-corrected chi connectivity index (χ2v) is 3.94. The van der Waals surface area contributed by atoms with Crippen LogP contribution in [-0.4, -0.2) is 30.4 Å². The number of likely N-dealkylation sites (N-methyl/N-ethyl adjacent to an activating group) is 1. The minimum Gasteiger partial charge on any atom is -0.374 e. The van der Waals surface area contributed by atoms with Crippen molar-refractivity contribution in [2.75, 3.05) is 18.9 Å². The van der Waals surface area contributed by atoms with Gasteiger partial charge in [-0.3, -0.25) is 4.79 Å². The molecule has 4 nitrogen and oxygen atoms in total. The molecule has 0 aliphatic carbocycles. The van der Waals surface area contributed by atoms with Gasteiger partial charge in [-0.25, -0.2) is 0 Å². The number of nitrogens with zero attached hydrogens (tertiary/aromatic N) is 2. The highest BCUT2D eigenvalue weighted by molar-refractivity contribution is 5.86. The summed E-state index contributed by atoms with van der Waals surface area (Å²) in [5, 5.41) is 11.9. The first-order valence-electron chi connectivity index (χ1n) is 5.22. The molecule has 82 valence electrons. The third-order valence-electron chi connectivity index (χ3n) is 2.76. The van der Waals surface area contributed by atoms with Crippen LogP contribution in [0.3, 0.4) is 0 Å². The van der Waals surface area contributed by atoms with Gasteiger partial charge in [0, 0.05) is 19.3 Å². The van der Waals surface area contributed by atoms with Crippen molar-refractivity contribution >= 4 is 11.6 Å². The van der Waals surface area contributed by atoms with Crippen LogP contribution in [0.1, 0.15) is 12.0 Å². The van der Waals surface area contributed by atoms with Crippen LogP contribution in [0.4, 0.5) is 5.69 Å². The molecule has 1 fully saturated rings. The lowest BCUT2D eigenvalue weighted by atomic mass is 10.2. The summed E-state index contributed by atoms with van der Waals surface area (Å²) in [6.45, 7) is 0.786. The second kappa shape index (κ2) is 4.23. The largest absolute Gasteiger partial charge is 0.374 e. The van der Waals surface area contributed by atoms with E-state index in [4.69, 9.17) is 5.26 Å². The quantitative estimate of drug-likeness (QED) is 0.806. The maximum atomic E-state index is 11.7. The molecule has 1 aromatic carbocycles. The molecule has 1 atom stereocenters. The summed E-state index contributed by atoms with van der Waals surface area (Å²) in [5.74, 6) is 0.113. The summed E-state index contributed by atoms with van der Waals surface area (Å²) in [4.78, 5) is 13.4. The average molecular weight is 215 g/mol. The monoisotopic (exact) mass is 215 g/mol. The standard InChI is InChI=1S/C12H13N3O/c1-15-6-5-11(12(15)16)14-10-4-2-3-9(7-10)8-13/h2-4,7,11,14H,5-6H2,1H3. The Balaban J connectivity index is 2.10. The minimum absolute atomic E-state index is 0.113. The van der Waals surface area contributed by atoms with Crippen molar-refractivity contribution < 1.29 is 4.79 Å². The van der Waals surface area contributed by atoms with Crippen LogP contribution in [0.2, 0.25) is 0 Å². The third kappa shape index (κ3) is 1.98. The Morgan fingerprint density at radius 1 is 1.56 bits per heavy atom. The van der Waals surface area contributed by atoms with Crippen molar-refractivity contribution in [1.29, 1.82) is 5.26 Å². The molecule has 1 saturated heterocycles. The average Bonchev–Trinajstić information content (AvgIpc) is 2.61. The van der Waals surface area contributed by atoms with Gasteiger partial charge in [0.2, 0.25) is 5.91 Å². The molecule has 0 radical (unpaired) electrons. The van der Waals surface area contributed by atoms with Crippen molar-refractivity contribution in [2.24, 2.45) is 0 Å². The van der Waals surface area contributed by atoms with Gasteiger partial charge < -0.3 is 10.2 Å². The first kappa shape index (κ1) is 10.5. The van der Waals surface area contributed by atoms with E-state index in [-0.39, 0.29) is 11.9 Å². The summed E-state index contributed by atoms with van der Waals surface area (Å²) in [7, 11) is 1.80. The number of nitriles is 1. The predicted octanol–water partition coefficient (Wildman–Crippen LogP) is 1.20. The van der Waals surface area contributed by atoms with Gasteiger partial charge >= 0.3 is 0 Å². The summed E-state index contributed by atoms with van der Waals surface area (Å²) in [5.41, 5.74) is 1.43. The Morgan fingerprint density at radius 3 is 3.00 bits per heavy atom. The molecule has 0 spiro atoms. The fourth-order valence-corrected chi connectivity index (χ4v) is 1.84. The fourth-order valence-electron chi connectivity index (χ4n) is 1.84. The normalized spacial score (nSPS) is 19.6. The minimum atomic E-state index is -0.154. The number of likely N-dealkylation sites (tertiary alicyclic amines) is 1. The van der Waals surface area contributed by atoms with Gasteiger partial charge in [-0.05, 0) is 24.6 Å². The number of benzene rings is 1. The molecule has 0 saturated carbocycles. The molecule has 0 aromatic heterocycles. The maximum Gasteiger partial charge on any atom is 0.244 e. The molecule has 1 amide bonds. The van der Waals surface area contributed by atoms with Gasteiger partial charge in [0.25, 0.3) is 0 Å². The lowest BCUT2D eigenvalue weighted by molar-refractivity contribution is -0.127. The van der Waals surface area contributed by atoms with Crippen LogP contribution in [0.5, 0.6) is 0 Å². The van der Waals surface area contributed by atoms with Gasteiger partial charge in [-0.1, -0.05) is 6.07 Å². The highest BCUT2D eigenvalue weighted by Gasteiger charge is 2.28. The Hall–Kier alpha value is -2.02. The SMILES string of the molecule is CN1CCC(Nc2cccc(C#N)c2)C1=O. The van der Waals surface area contributed by atoms with Crippen molar-refractivity contribution in [3.8, 4) is 6.07 Å². The van der Waals surface area contributed by atoms with E-state index in [1.165, 1.54) is 0 Å². The van der Waals surface area contributed by atoms with Crippen molar-refractivity contribution in [3.05, 3.63) is 29.8 Å². The van der Waals surface area contributed by atoms with E-state index in [1.807, 2.05) is 12.1 Å². The molecule has 1 aliphatic rings. The highest BCUT2D eigenvalue weighted by Crippen LogP contribution is 2.16. The zero-order chi connectivity index (χ0) is 11.5. The van der Waals surface area contributed by atoms with E-state index >= 15 is 0 Å². The van der Waals surface area contributed by atoms with Gasteiger partial charge in [0.05, 0.1) is 11.6 Å². The first-order chi connectivity index (χ1) is 7.70. The highest BCUT2D eigenvalue weighted by atomic mass is 16.2. The Labute approximate surface area is 94.5 Å². The molecule has 4 heteroatoms. The maximum absolute atomic E-state index is 11.7. The van der Waals surface area contributed by atoms with E-state index in [1.54, 1.807) is 24.1 Å². The number of anilines is 1. The van der Waals surface area contributed by atoms with Crippen LogP contribution in [-0.2, 0) is 4.79 Å². The number of hydrogen-bond acceptors (Lipinski definition) is 3. The summed E-state index contributed by atoms with van der Waals surface area (Å²) in [6, 6.07) is 9.10. The Morgan fingerprint density at radius 2 is 2.38 bits per heavy atom. The van der Waals surface area contributed by atoms with Crippen molar-refractivity contribution in [2.45, 2.75) is 12.5 Å². The summed E-state index contributed by atoms with van der Waals surface area (Å²) >= 11 is 0. The lowest BCUT2D eigenvalue weighted by Gasteiger charge is -2.13. The number of hydrogen-bond donors (Lipinski definition) is 1. The summed E-state index contributed by atoms with van der Waals surface area (Å²) in [6.07, 6.45) is 0.812. The third-order valence-corrected chi connectivity index (χ3v) is 2.76. The molecule has 1 aromatic rings. The molecule has 16 heavy (non-hydrogen) atoms. The van der Waals surface area contributed by atoms with Crippen molar-refractivity contribution in [3.63, 3.8) is 0 Å². The van der Waals surface area contributed by atoms with E-state index < -0.39 is 0 Å². The van der Waals surface area contributed by atoms with Crippen LogP contribution >= 0.6 is 0 Å². The van der Waals surface area contributed by atoms with Gasteiger partial charge in [-0.2, -0.15) is 5.26 Å². The van der Waals surface area contributed by atoms with Crippen LogP contribution < -0.4 is 5.32 Å². The van der Waals surface area contributed by atoms with Crippen LogP contribution in [0.15, 0.2) is 24.3 Å². The Bertz CT molecular complexity index is 450. The number of carbonyl (C=O) groups excluding carboxylic acids is 1. The van der Waals surface area contributed by atoms with E-state index in [9.17, 15) is 4.79 Å². The number of carbonyl (C=O) groups is 1. The Kier molecular flexibility index (Phi) is 2.78. The molecule has 0 bridgehead atoms. The van der Waals surface area contributed by atoms with Gasteiger partial charge in [0.1, 0.15) is 6.04 Å². The van der Waals surface area contributed by atoms with E-state index in [2.05, 4.69) is 11.4 Å². The van der Waals surface area contributed by atoms with Crippen LogP contribution in [0.25, 0.3) is 0 Å². The van der Waals surface area contributed by atoms with Gasteiger partial charge in [0.15, 0.2) is 0 Å². The fraction of sp³-hybridized carbons (Fsp3) is 0.333. The second-order valence-electron chi connectivity index (χ2n) is 3.94. The van der Waals surface area contributed by atoms with E-state index in [0.717, 1.165) is 18.7 Å². The smallest absolute Gasteiger partial charge is 0.244 e. The molecule has 1 aliphatic heterocycles. The van der Waals surface area contributed by atoms with E-state index in [0.29, 0.717) is 5.56 Å². The molecule has 1 N–H and O–H groups in total. The molecular weight excluding hydrogens is 202 g/mol. The van der Waals surface area contributed by atoms with Crippen molar-refractivity contribution in [1.82, 2.24) is 4.90 Å². The molecule has 2 rings (SSSR count). The number of amides is 1. The molecule has 1 unspecified atom stereocenters. The molecule has 1 heterocycles. The first-order valence-corrected chi connectivity index (χ1v) is 5.22. The zero-order valence-corrected chi connectivity index (χ0v) is 9.10. The topological polar surface area (TPSA) is 56.1 Å². The molecular formula is C12H13N3O. The van der Waals surface area contributed by atoms with Crippen LogP contribution in [0, 0.1) is 11.3 Å². The summed E-state index contributed by atoms with van der Waals surface area (Å²) < 4.78 is 0. The number of rotatable bonds is 2. The number of nitrogens with one attached hydrogen (secondary N) is 1.